The number of unbranched alkanes of at least 4 members (excludes halogenated alkanes) is 3. The summed E-state index contributed by atoms with van der Waals surface area (Å²) in [6.45, 7) is 6.43. The van der Waals surface area contributed by atoms with Crippen LogP contribution in [-0.2, 0) is 14.4 Å². The van der Waals surface area contributed by atoms with Crippen molar-refractivity contribution in [3.8, 4) is 0 Å². The van der Waals surface area contributed by atoms with Crippen LogP contribution in [0, 0.1) is 0 Å². The zero-order valence-corrected chi connectivity index (χ0v) is 44.4. The van der Waals surface area contributed by atoms with Gasteiger partial charge in [-0.3, -0.25) is 30.3 Å². The Balaban J connectivity index is 2.64. The van der Waals surface area contributed by atoms with Crippen molar-refractivity contribution < 1.29 is 14.4 Å². The van der Waals surface area contributed by atoms with Gasteiger partial charge in [-0.05, 0) is 135 Å². The summed E-state index contributed by atoms with van der Waals surface area (Å²) in [5.41, 5.74) is 0. The van der Waals surface area contributed by atoms with Crippen molar-refractivity contribution in [3.05, 3.63) is 182 Å². The molecule has 0 aromatic carbocycles. The molecule has 0 radical (unpaired) electrons. The summed E-state index contributed by atoms with van der Waals surface area (Å²) < 4.78 is 0. The lowest BCUT2D eigenvalue weighted by Crippen LogP contribution is -2.20. The number of amides is 3. The van der Waals surface area contributed by atoms with Crippen molar-refractivity contribution in [2.24, 2.45) is 0 Å². The Morgan fingerprint density at radius 1 is 0.278 bits per heavy atom. The molecule has 1 rings (SSSR count). The van der Waals surface area contributed by atoms with E-state index in [1.807, 2.05) is 0 Å². The number of hydrogen-bond acceptors (Lipinski definition) is 6. The van der Waals surface area contributed by atoms with E-state index in [-0.39, 0.29) is 54.8 Å². The standard InChI is InChI=1S/C63H90N6O3/c1-4-7-10-13-16-19-22-25-28-31-34-37-40-43-46-49-52-55-58(70)64-61-67-62(65-59(71)56-53-50-47-44-41-38-35-32-29-26-23-20-17-14-11-8-5-2)69-63(68-61)66-60(72)57-54-51-48-45-42-39-36-33-30-27-24-21-18-15-12-9-6-3/h7-12,16-21,25-30,34-39,43-48H,4-6,13-15,22-24,31-33,40-42,49-57H2,1-3H3,(H3,64,65,66,67,68,69,70,71,72)/b10-7-,11-8-,12-9-,19-16-,20-17-,21-18-,28-25-,29-26-,30-27-,37-34-,38-35-,39-36-,46-43-,47-44-,48-45-. The molecule has 390 valence electrons. The van der Waals surface area contributed by atoms with Crippen molar-refractivity contribution in [1.29, 1.82) is 0 Å². The highest BCUT2D eigenvalue weighted by Crippen LogP contribution is 2.13. The lowest BCUT2D eigenvalue weighted by atomic mass is 10.2. The number of aromatic nitrogens is 3. The van der Waals surface area contributed by atoms with Crippen LogP contribution >= 0.6 is 0 Å². The van der Waals surface area contributed by atoms with Gasteiger partial charge in [-0.2, -0.15) is 15.0 Å². The fraction of sp³-hybridized carbons (Fsp3) is 0.429. The molecule has 1 aromatic heterocycles. The Morgan fingerprint density at radius 3 is 0.625 bits per heavy atom. The first kappa shape index (κ1) is 63.5. The molecule has 0 aliphatic heterocycles. The van der Waals surface area contributed by atoms with Gasteiger partial charge in [0.15, 0.2) is 0 Å². The fourth-order valence-electron chi connectivity index (χ4n) is 6.35. The summed E-state index contributed by atoms with van der Waals surface area (Å²) in [5.74, 6) is -0.902. The van der Waals surface area contributed by atoms with Gasteiger partial charge in [-0.1, -0.05) is 203 Å². The molecular weight excluding hydrogens is 889 g/mol. The lowest BCUT2D eigenvalue weighted by molar-refractivity contribution is -0.117. The summed E-state index contributed by atoms with van der Waals surface area (Å²) in [5, 5.41) is 8.20. The van der Waals surface area contributed by atoms with E-state index in [2.05, 4.69) is 234 Å². The Hall–Kier alpha value is -6.48. The van der Waals surface area contributed by atoms with Gasteiger partial charge in [0.1, 0.15) is 0 Å². The van der Waals surface area contributed by atoms with Gasteiger partial charge in [0, 0.05) is 19.3 Å². The first-order valence-corrected chi connectivity index (χ1v) is 26.9. The molecule has 3 amide bonds. The topological polar surface area (TPSA) is 126 Å². The summed E-state index contributed by atoms with van der Waals surface area (Å²) >= 11 is 0. The van der Waals surface area contributed by atoms with Crippen LogP contribution in [-0.4, -0.2) is 32.7 Å². The molecule has 72 heavy (non-hydrogen) atoms. The molecule has 0 spiro atoms. The first-order valence-electron chi connectivity index (χ1n) is 26.9. The van der Waals surface area contributed by atoms with Crippen LogP contribution in [0.2, 0.25) is 0 Å². The molecule has 0 fully saturated rings. The van der Waals surface area contributed by atoms with Crippen LogP contribution in [0.5, 0.6) is 0 Å². The minimum absolute atomic E-state index is 0.0342. The maximum absolute atomic E-state index is 12.9. The van der Waals surface area contributed by atoms with E-state index in [4.69, 9.17) is 0 Å². The quantitative estimate of drug-likeness (QED) is 0.0442. The number of anilines is 3. The van der Waals surface area contributed by atoms with Crippen molar-refractivity contribution >= 4 is 35.6 Å². The average Bonchev–Trinajstić information content (AvgIpc) is 3.36. The second kappa shape index (κ2) is 50.9. The molecule has 1 aromatic rings. The van der Waals surface area contributed by atoms with Gasteiger partial charge in [-0.25, -0.2) is 0 Å². The monoisotopic (exact) mass is 979 g/mol. The number of hydrogen-bond donors (Lipinski definition) is 3. The molecular formula is C63H90N6O3. The molecule has 0 atom stereocenters. The van der Waals surface area contributed by atoms with Gasteiger partial charge in [0.2, 0.25) is 35.6 Å². The maximum Gasteiger partial charge on any atom is 0.236 e. The van der Waals surface area contributed by atoms with Crippen LogP contribution < -0.4 is 16.0 Å². The van der Waals surface area contributed by atoms with Crippen LogP contribution in [0.25, 0.3) is 0 Å². The van der Waals surface area contributed by atoms with Crippen molar-refractivity contribution in [3.63, 3.8) is 0 Å². The van der Waals surface area contributed by atoms with Crippen LogP contribution in [0.15, 0.2) is 182 Å². The molecule has 0 aliphatic carbocycles. The molecule has 1 heterocycles. The third-order valence-electron chi connectivity index (χ3n) is 10.2. The molecule has 3 N–H and O–H groups in total. The summed E-state index contributed by atoms with van der Waals surface area (Å²) in [4.78, 5) is 51.7. The minimum atomic E-state index is -0.266. The highest BCUT2D eigenvalue weighted by Gasteiger charge is 2.14. The van der Waals surface area contributed by atoms with Gasteiger partial charge in [0.25, 0.3) is 0 Å². The molecule has 9 heteroatoms. The zero-order chi connectivity index (χ0) is 51.9. The van der Waals surface area contributed by atoms with Gasteiger partial charge in [0.05, 0.1) is 0 Å². The largest absolute Gasteiger partial charge is 0.294 e. The van der Waals surface area contributed by atoms with Gasteiger partial charge >= 0.3 is 0 Å². The molecule has 0 bridgehead atoms. The first-order chi connectivity index (χ1) is 35.5. The van der Waals surface area contributed by atoms with Crippen LogP contribution in [0.3, 0.4) is 0 Å². The Kier molecular flexibility index (Phi) is 44.9. The molecule has 9 nitrogen and oxygen atoms in total. The maximum atomic E-state index is 12.9. The molecule has 0 unspecified atom stereocenters. The molecule has 0 aliphatic rings. The number of carbonyl (C=O) groups excluding carboxylic acids is 3. The Bertz CT molecular complexity index is 1790. The molecule has 0 saturated heterocycles. The second-order valence-electron chi connectivity index (χ2n) is 16.8. The van der Waals surface area contributed by atoms with E-state index in [0.29, 0.717) is 19.3 Å². The minimum Gasteiger partial charge on any atom is -0.294 e. The fourth-order valence-corrected chi connectivity index (χ4v) is 6.35. The third-order valence-corrected chi connectivity index (χ3v) is 10.2. The summed E-state index contributed by atoms with van der Waals surface area (Å²) in [7, 11) is 0. The van der Waals surface area contributed by atoms with E-state index >= 15 is 0 Å². The predicted molar refractivity (Wildman–Crippen MR) is 311 cm³/mol. The van der Waals surface area contributed by atoms with Crippen LogP contribution in [0.1, 0.15) is 175 Å². The van der Waals surface area contributed by atoms with Gasteiger partial charge < -0.3 is 0 Å². The van der Waals surface area contributed by atoms with Crippen molar-refractivity contribution in [1.82, 2.24) is 15.0 Å². The third kappa shape index (κ3) is 44.7. The normalized spacial score (nSPS) is 13.0. The average molecular weight is 979 g/mol. The Labute approximate surface area is 436 Å². The highest BCUT2D eigenvalue weighted by molar-refractivity contribution is 5.92. The van der Waals surface area contributed by atoms with Crippen molar-refractivity contribution in [2.75, 3.05) is 16.0 Å². The number of allylic oxidation sites excluding steroid dienone is 30. The van der Waals surface area contributed by atoms with E-state index in [9.17, 15) is 14.4 Å². The highest BCUT2D eigenvalue weighted by atomic mass is 16.2. The van der Waals surface area contributed by atoms with E-state index < -0.39 is 0 Å². The predicted octanol–water partition coefficient (Wildman–Crippen LogP) is 17.5. The van der Waals surface area contributed by atoms with Crippen LogP contribution in [0.4, 0.5) is 17.8 Å². The van der Waals surface area contributed by atoms with E-state index in [1.165, 1.54) is 0 Å². The summed E-state index contributed by atoms with van der Waals surface area (Å²) in [6, 6.07) is 0. The number of nitrogens with zero attached hydrogens (tertiary/aromatic N) is 3. The lowest BCUT2D eigenvalue weighted by Gasteiger charge is -2.10. The van der Waals surface area contributed by atoms with Crippen molar-refractivity contribution in [2.45, 2.75) is 175 Å². The summed E-state index contributed by atoms with van der Waals surface area (Å²) in [6.07, 6.45) is 84.1. The Morgan fingerprint density at radius 2 is 0.444 bits per heavy atom. The zero-order valence-electron chi connectivity index (χ0n) is 44.4. The smallest absolute Gasteiger partial charge is 0.236 e. The number of rotatable bonds is 42. The number of carbonyl (C=O) groups is 3. The second-order valence-corrected chi connectivity index (χ2v) is 16.8. The van der Waals surface area contributed by atoms with E-state index in [0.717, 1.165) is 116 Å². The SMILES string of the molecule is CC/C=C\C/C=C\C/C=C\C/C=C\C/C=C\CCCC(=O)Nc1nc(NC(=O)CCC/C=C\C/C=C\C/C=C\C/C=C\C/C=C\CC)nc(NC(=O)CCC/C=C\C/C=C\C/C=C\C/C=C\C/C=C\CC)n1. The molecule has 0 saturated carbocycles. The van der Waals surface area contributed by atoms with E-state index in [1.54, 1.807) is 0 Å². The van der Waals surface area contributed by atoms with Gasteiger partial charge in [-0.15, -0.1) is 0 Å². The number of nitrogens with one attached hydrogen (secondary N) is 3.